The molecule has 1 heterocycles. The van der Waals surface area contributed by atoms with Crippen LogP contribution in [0.15, 0.2) is 6.20 Å². The molecule has 30 heavy (non-hydrogen) atoms. The Kier molecular flexibility index (Phi) is 7.35. The monoisotopic (exact) mass is 431 g/mol. The van der Waals surface area contributed by atoms with Crippen LogP contribution < -0.4 is 16.4 Å². The van der Waals surface area contributed by atoms with Crippen LogP contribution in [-0.4, -0.2) is 58.6 Å². The van der Waals surface area contributed by atoms with E-state index >= 15 is 0 Å². The van der Waals surface area contributed by atoms with Crippen LogP contribution >= 0.6 is 0 Å². The first-order chi connectivity index (χ1) is 14.2. The first kappa shape index (κ1) is 22.5. The second-order valence-corrected chi connectivity index (χ2v) is 7.99. The van der Waals surface area contributed by atoms with Crippen molar-refractivity contribution in [3.63, 3.8) is 0 Å². The highest BCUT2D eigenvalue weighted by Crippen LogP contribution is 2.30. The van der Waals surface area contributed by atoms with E-state index in [0.29, 0.717) is 37.4 Å². The quantitative estimate of drug-likeness (QED) is 0.499. The minimum absolute atomic E-state index is 0.000291. The van der Waals surface area contributed by atoms with Gasteiger partial charge in [-0.15, -0.1) is 0 Å². The van der Waals surface area contributed by atoms with Gasteiger partial charge in [0.15, 0.2) is 0 Å². The van der Waals surface area contributed by atoms with E-state index in [1.165, 1.54) is 6.20 Å². The number of carbonyl (C=O) groups is 1. The third-order valence-corrected chi connectivity index (χ3v) is 5.76. The maximum Gasteiger partial charge on any atom is 0.411 e. The van der Waals surface area contributed by atoms with Gasteiger partial charge >= 0.3 is 6.18 Å². The minimum Gasteiger partial charge on any atom is -0.396 e. The predicted octanol–water partition coefficient (Wildman–Crippen LogP) is 2.45. The molecule has 2 aliphatic carbocycles. The molecule has 0 spiro atoms. The number of amides is 1. The van der Waals surface area contributed by atoms with Crippen LogP contribution in [0.1, 0.15) is 55.3 Å². The van der Waals surface area contributed by atoms with Gasteiger partial charge in [-0.1, -0.05) is 6.42 Å². The fraction of sp³-hybridized carbons (Fsp3) is 0.737. The van der Waals surface area contributed by atoms with Crippen LogP contribution in [0.5, 0.6) is 0 Å². The van der Waals surface area contributed by atoms with Crippen molar-refractivity contribution in [1.29, 1.82) is 0 Å². The highest BCUT2D eigenvalue weighted by atomic mass is 19.4. The molecule has 0 unspecified atom stereocenters. The summed E-state index contributed by atoms with van der Waals surface area (Å²) in [6.07, 6.45) is 1.65. The van der Waals surface area contributed by atoms with Gasteiger partial charge in [-0.25, -0.2) is 4.98 Å². The van der Waals surface area contributed by atoms with Crippen molar-refractivity contribution in [2.45, 2.75) is 69.3 Å². The molecule has 1 amide bonds. The predicted molar refractivity (Wildman–Crippen MR) is 104 cm³/mol. The molecule has 2 fully saturated rings. The first-order valence-electron chi connectivity index (χ1n) is 10.2. The van der Waals surface area contributed by atoms with Crippen LogP contribution in [0.25, 0.3) is 0 Å². The fourth-order valence-corrected chi connectivity index (χ4v) is 4.13. The van der Waals surface area contributed by atoms with E-state index in [4.69, 9.17) is 10.5 Å². The molecule has 0 aromatic carbocycles. The molecular formula is C19H28F3N5O3. The summed E-state index contributed by atoms with van der Waals surface area (Å²) in [4.78, 5) is 20.3. The Hall–Kier alpha value is -2.14. The van der Waals surface area contributed by atoms with Gasteiger partial charge in [0.2, 0.25) is 5.95 Å². The van der Waals surface area contributed by atoms with Crippen LogP contribution in [0.4, 0.5) is 24.9 Å². The Morgan fingerprint density at radius 1 is 1.20 bits per heavy atom. The highest BCUT2D eigenvalue weighted by Gasteiger charge is 2.31. The number of hydrogen-bond donors (Lipinski definition) is 4. The zero-order valence-electron chi connectivity index (χ0n) is 16.6. The number of rotatable bonds is 8. The van der Waals surface area contributed by atoms with Crippen LogP contribution in [-0.2, 0) is 4.74 Å². The van der Waals surface area contributed by atoms with Crippen LogP contribution in [0.2, 0.25) is 0 Å². The van der Waals surface area contributed by atoms with Gasteiger partial charge in [0.05, 0.1) is 11.7 Å². The van der Waals surface area contributed by atoms with Crippen molar-refractivity contribution in [3.8, 4) is 0 Å². The number of nitrogens with two attached hydrogens (primary N) is 1. The largest absolute Gasteiger partial charge is 0.411 e. The zero-order valence-corrected chi connectivity index (χ0v) is 16.6. The number of nitrogens with one attached hydrogen (secondary N) is 2. The molecule has 1 aromatic rings. The Labute approximate surface area is 172 Å². The normalized spacial score (nSPS) is 27.1. The Morgan fingerprint density at radius 2 is 1.93 bits per heavy atom. The number of halogens is 3. The smallest absolute Gasteiger partial charge is 0.396 e. The van der Waals surface area contributed by atoms with Gasteiger partial charge in [0.1, 0.15) is 12.4 Å². The molecule has 0 aliphatic heterocycles. The van der Waals surface area contributed by atoms with E-state index in [2.05, 4.69) is 20.6 Å². The molecule has 0 saturated heterocycles. The van der Waals surface area contributed by atoms with E-state index in [1.54, 1.807) is 0 Å². The van der Waals surface area contributed by atoms with Gasteiger partial charge < -0.3 is 26.2 Å². The number of primary amides is 1. The standard InChI is InChI=1S/C19H28F3N5O3/c20-19(21,22)10-30-13-6-4-12(5-7-13)25-18-24-8-14(16(23)29)17(27-18)26-15-3-1-2-11(15)9-28/h8,11-13,15,28H,1-7,9-10H2,(H2,23,29)(H2,24,25,26,27)/t11-,12-,13-,15-/m1/s1. The van der Waals surface area contributed by atoms with Gasteiger partial charge in [-0.05, 0) is 38.5 Å². The molecule has 2 aliphatic rings. The topological polar surface area (TPSA) is 122 Å². The summed E-state index contributed by atoms with van der Waals surface area (Å²) < 4.78 is 41.8. The second-order valence-electron chi connectivity index (χ2n) is 7.99. The molecule has 168 valence electrons. The van der Waals surface area contributed by atoms with Gasteiger partial charge in [-0.3, -0.25) is 4.79 Å². The van der Waals surface area contributed by atoms with E-state index in [-0.39, 0.29) is 30.2 Å². The summed E-state index contributed by atoms with van der Waals surface area (Å²) in [6.45, 7) is -1.17. The third-order valence-electron chi connectivity index (χ3n) is 5.76. The Bertz CT molecular complexity index is 726. The van der Waals surface area contributed by atoms with Gasteiger partial charge in [0, 0.05) is 30.8 Å². The first-order valence-corrected chi connectivity index (χ1v) is 10.2. The number of aliphatic hydroxyl groups is 1. The van der Waals surface area contributed by atoms with Crippen molar-refractivity contribution < 1.29 is 27.8 Å². The van der Waals surface area contributed by atoms with Gasteiger partial charge in [-0.2, -0.15) is 18.2 Å². The lowest BCUT2D eigenvalue weighted by Gasteiger charge is -2.29. The number of anilines is 2. The van der Waals surface area contributed by atoms with E-state index in [1.807, 2.05) is 0 Å². The Morgan fingerprint density at radius 3 is 2.57 bits per heavy atom. The highest BCUT2D eigenvalue weighted by molar-refractivity contribution is 5.97. The van der Waals surface area contributed by atoms with Gasteiger partial charge in [0.25, 0.3) is 5.91 Å². The number of ether oxygens (including phenoxy) is 1. The second kappa shape index (κ2) is 9.78. The van der Waals surface area contributed by atoms with E-state index in [9.17, 15) is 23.1 Å². The number of aliphatic hydroxyl groups excluding tert-OH is 1. The number of aromatic nitrogens is 2. The fourth-order valence-electron chi connectivity index (χ4n) is 4.13. The lowest BCUT2D eigenvalue weighted by Crippen LogP contribution is -2.33. The third kappa shape index (κ3) is 6.18. The maximum absolute atomic E-state index is 12.3. The average Bonchev–Trinajstić information content (AvgIpc) is 3.14. The zero-order chi connectivity index (χ0) is 21.7. The molecule has 0 bridgehead atoms. The summed E-state index contributed by atoms with van der Waals surface area (Å²) in [7, 11) is 0. The summed E-state index contributed by atoms with van der Waals surface area (Å²) in [5.41, 5.74) is 5.62. The molecule has 5 N–H and O–H groups in total. The SMILES string of the molecule is NC(=O)c1cnc(N[C@H]2CC[C@H](OCC(F)(F)F)CC2)nc1N[C@@H]1CCC[C@@H]1CO. The Balaban J connectivity index is 1.59. The summed E-state index contributed by atoms with van der Waals surface area (Å²) in [5, 5.41) is 15.9. The van der Waals surface area contributed by atoms with Crippen molar-refractivity contribution in [3.05, 3.63) is 11.8 Å². The van der Waals surface area contributed by atoms with Crippen LogP contribution in [0.3, 0.4) is 0 Å². The van der Waals surface area contributed by atoms with E-state index < -0.39 is 24.8 Å². The molecule has 3 rings (SSSR count). The molecule has 11 heteroatoms. The maximum atomic E-state index is 12.3. The lowest BCUT2D eigenvalue weighted by molar-refractivity contribution is -0.187. The summed E-state index contributed by atoms with van der Waals surface area (Å²) in [5.74, 6) is 0.0854. The molecule has 0 radical (unpaired) electrons. The van der Waals surface area contributed by atoms with E-state index in [0.717, 1.165) is 19.3 Å². The van der Waals surface area contributed by atoms with Crippen molar-refractivity contribution in [2.75, 3.05) is 23.8 Å². The molecule has 8 nitrogen and oxygen atoms in total. The molecular weight excluding hydrogens is 403 g/mol. The van der Waals surface area contributed by atoms with Crippen molar-refractivity contribution in [1.82, 2.24) is 9.97 Å². The molecule has 2 atom stereocenters. The average molecular weight is 431 g/mol. The number of hydrogen-bond acceptors (Lipinski definition) is 7. The number of alkyl halides is 3. The molecule has 1 aromatic heterocycles. The van der Waals surface area contributed by atoms with Crippen molar-refractivity contribution >= 4 is 17.7 Å². The molecule has 2 saturated carbocycles. The summed E-state index contributed by atoms with van der Waals surface area (Å²) in [6, 6.07) is -0.00300. The minimum atomic E-state index is -4.32. The lowest BCUT2D eigenvalue weighted by atomic mass is 9.93. The number of nitrogens with zero attached hydrogens (tertiary/aromatic N) is 2. The van der Waals surface area contributed by atoms with Crippen molar-refractivity contribution in [2.24, 2.45) is 11.7 Å². The number of carbonyl (C=O) groups excluding carboxylic acids is 1. The summed E-state index contributed by atoms with van der Waals surface area (Å²) >= 11 is 0. The van der Waals surface area contributed by atoms with Crippen LogP contribution in [0, 0.1) is 5.92 Å².